The molecule has 18 heavy (non-hydrogen) atoms. The number of fused-ring (bicyclic) bond motifs is 1. The zero-order chi connectivity index (χ0) is 13.0. The number of H-pyrrole nitrogens is 1. The van der Waals surface area contributed by atoms with Crippen LogP contribution in [-0.4, -0.2) is 38.1 Å². The van der Waals surface area contributed by atoms with Crippen molar-refractivity contribution in [3.8, 4) is 0 Å². The number of carbonyl (C=O) groups is 1. The SMILES string of the molecule is CC(C)CNC(=O)CSc1ncnc2nc[nH]c12. The van der Waals surface area contributed by atoms with Crippen LogP contribution in [0.2, 0.25) is 0 Å². The molecule has 0 spiro atoms. The van der Waals surface area contributed by atoms with Gasteiger partial charge in [0.15, 0.2) is 5.65 Å². The molecule has 0 aliphatic rings. The largest absolute Gasteiger partial charge is 0.355 e. The maximum Gasteiger partial charge on any atom is 0.230 e. The van der Waals surface area contributed by atoms with Crippen molar-refractivity contribution in [3.63, 3.8) is 0 Å². The van der Waals surface area contributed by atoms with E-state index in [9.17, 15) is 4.79 Å². The van der Waals surface area contributed by atoms with Crippen molar-refractivity contribution in [2.24, 2.45) is 5.92 Å². The summed E-state index contributed by atoms with van der Waals surface area (Å²) in [4.78, 5) is 26.8. The number of amides is 1. The maximum absolute atomic E-state index is 11.6. The van der Waals surface area contributed by atoms with E-state index in [-0.39, 0.29) is 5.91 Å². The first kappa shape index (κ1) is 12.8. The molecule has 1 amide bonds. The van der Waals surface area contributed by atoms with Crippen molar-refractivity contribution in [2.75, 3.05) is 12.3 Å². The van der Waals surface area contributed by atoms with Crippen LogP contribution in [0.5, 0.6) is 0 Å². The fourth-order valence-electron chi connectivity index (χ4n) is 1.36. The Balaban J connectivity index is 1.94. The molecule has 0 saturated carbocycles. The molecule has 0 unspecified atom stereocenters. The van der Waals surface area contributed by atoms with Crippen LogP contribution in [0.15, 0.2) is 17.7 Å². The molecular weight excluding hydrogens is 250 g/mol. The van der Waals surface area contributed by atoms with E-state index in [0.717, 1.165) is 10.5 Å². The van der Waals surface area contributed by atoms with Gasteiger partial charge in [-0.1, -0.05) is 25.6 Å². The summed E-state index contributed by atoms with van der Waals surface area (Å²) in [5, 5.41) is 3.61. The molecule has 0 bridgehead atoms. The second-order valence-electron chi connectivity index (χ2n) is 4.27. The number of hydrogen-bond acceptors (Lipinski definition) is 5. The normalized spacial score (nSPS) is 11.1. The molecule has 0 aliphatic heterocycles. The molecule has 0 saturated heterocycles. The van der Waals surface area contributed by atoms with Gasteiger partial charge in [0.05, 0.1) is 12.1 Å². The molecule has 0 atom stereocenters. The second kappa shape index (κ2) is 5.81. The standard InChI is InChI=1S/C11H15N5OS/c1-7(2)3-12-8(17)4-18-11-9-10(14-5-13-9)15-6-16-11/h5-7H,3-4H2,1-2H3,(H,12,17)(H,13,14,15,16). The fourth-order valence-corrected chi connectivity index (χ4v) is 2.14. The van der Waals surface area contributed by atoms with Crippen molar-refractivity contribution in [3.05, 3.63) is 12.7 Å². The second-order valence-corrected chi connectivity index (χ2v) is 5.23. The maximum atomic E-state index is 11.6. The number of aromatic nitrogens is 4. The number of aromatic amines is 1. The number of carbonyl (C=O) groups excluding carboxylic acids is 1. The Morgan fingerprint density at radius 3 is 3.06 bits per heavy atom. The molecule has 0 radical (unpaired) electrons. The van der Waals surface area contributed by atoms with E-state index in [1.54, 1.807) is 6.33 Å². The van der Waals surface area contributed by atoms with Crippen molar-refractivity contribution in [2.45, 2.75) is 18.9 Å². The monoisotopic (exact) mass is 265 g/mol. The average Bonchev–Trinajstić information content (AvgIpc) is 2.82. The summed E-state index contributed by atoms with van der Waals surface area (Å²) < 4.78 is 0. The molecule has 2 rings (SSSR count). The molecule has 2 aromatic rings. The van der Waals surface area contributed by atoms with Gasteiger partial charge in [0.25, 0.3) is 0 Å². The molecular formula is C11H15N5OS. The Hall–Kier alpha value is -1.63. The lowest BCUT2D eigenvalue weighted by Gasteiger charge is -2.07. The summed E-state index contributed by atoms with van der Waals surface area (Å²) in [5.74, 6) is 0.815. The van der Waals surface area contributed by atoms with Crippen LogP contribution in [0.3, 0.4) is 0 Å². The first-order chi connectivity index (χ1) is 8.66. The molecule has 7 heteroatoms. The minimum absolute atomic E-state index is 0.0139. The van der Waals surface area contributed by atoms with Crippen molar-refractivity contribution < 1.29 is 4.79 Å². The first-order valence-corrected chi connectivity index (χ1v) is 6.69. The Bertz CT molecular complexity index is 539. The van der Waals surface area contributed by atoms with Gasteiger partial charge in [0.2, 0.25) is 5.91 Å². The van der Waals surface area contributed by atoms with E-state index in [2.05, 4.69) is 39.1 Å². The van der Waals surface area contributed by atoms with E-state index in [1.165, 1.54) is 18.1 Å². The summed E-state index contributed by atoms with van der Waals surface area (Å²) >= 11 is 1.38. The lowest BCUT2D eigenvalue weighted by atomic mass is 10.2. The van der Waals surface area contributed by atoms with E-state index >= 15 is 0 Å². The van der Waals surface area contributed by atoms with E-state index in [1.807, 2.05) is 0 Å². The predicted molar refractivity (Wildman–Crippen MR) is 70.3 cm³/mol. The van der Waals surface area contributed by atoms with Crippen LogP contribution in [0.4, 0.5) is 0 Å². The lowest BCUT2D eigenvalue weighted by molar-refractivity contribution is -0.118. The third-order valence-corrected chi connectivity index (χ3v) is 3.23. The zero-order valence-corrected chi connectivity index (χ0v) is 11.1. The van der Waals surface area contributed by atoms with E-state index in [0.29, 0.717) is 23.9 Å². The molecule has 0 aromatic carbocycles. The summed E-state index contributed by atoms with van der Waals surface area (Å²) in [7, 11) is 0. The van der Waals surface area contributed by atoms with Crippen molar-refractivity contribution >= 4 is 28.8 Å². The molecule has 6 nitrogen and oxygen atoms in total. The number of nitrogens with zero attached hydrogens (tertiary/aromatic N) is 3. The van der Waals surface area contributed by atoms with Gasteiger partial charge in [0.1, 0.15) is 16.9 Å². The van der Waals surface area contributed by atoms with Gasteiger partial charge in [-0.3, -0.25) is 4.79 Å². The van der Waals surface area contributed by atoms with Gasteiger partial charge in [-0.15, -0.1) is 0 Å². The summed E-state index contributed by atoms with van der Waals surface area (Å²) in [5.41, 5.74) is 1.40. The van der Waals surface area contributed by atoms with Gasteiger partial charge >= 0.3 is 0 Å². The van der Waals surface area contributed by atoms with Crippen LogP contribution < -0.4 is 5.32 Å². The van der Waals surface area contributed by atoms with Gasteiger partial charge in [-0.25, -0.2) is 15.0 Å². The average molecular weight is 265 g/mol. The van der Waals surface area contributed by atoms with Crippen LogP contribution in [-0.2, 0) is 4.79 Å². The van der Waals surface area contributed by atoms with E-state index in [4.69, 9.17) is 0 Å². The summed E-state index contributed by atoms with van der Waals surface area (Å²) in [6, 6.07) is 0. The van der Waals surface area contributed by atoms with Gasteiger partial charge in [-0.05, 0) is 5.92 Å². The minimum Gasteiger partial charge on any atom is -0.355 e. The number of thioether (sulfide) groups is 1. The topological polar surface area (TPSA) is 83.6 Å². The van der Waals surface area contributed by atoms with Crippen LogP contribution in [0, 0.1) is 5.92 Å². The third-order valence-electron chi connectivity index (χ3n) is 2.24. The van der Waals surface area contributed by atoms with Gasteiger partial charge in [-0.2, -0.15) is 0 Å². The smallest absolute Gasteiger partial charge is 0.230 e. The summed E-state index contributed by atoms with van der Waals surface area (Å²) in [6.45, 7) is 4.82. The predicted octanol–water partition coefficient (Wildman–Crippen LogP) is 1.22. The Kier molecular flexibility index (Phi) is 4.14. The molecule has 0 aliphatic carbocycles. The fraction of sp³-hybridized carbons (Fsp3) is 0.455. The third kappa shape index (κ3) is 3.19. The molecule has 96 valence electrons. The lowest BCUT2D eigenvalue weighted by Crippen LogP contribution is -2.28. The minimum atomic E-state index is 0.0139. The Morgan fingerprint density at radius 1 is 1.44 bits per heavy atom. The molecule has 2 heterocycles. The number of imidazole rings is 1. The Labute approximate surface area is 109 Å². The van der Waals surface area contributed by atoms with Crippen LogP contribution in [0.1, 0.15) is 13.8 Å². The first-order valence-electron chi connectivity index (χ1n) is 5.70. The van der Waals surface area contributed by atoms with Gasteiger partial charge < -0.3 is 10.3 Å². The molecule has 2 N–H and O–H groups in total. The van der Waals surface area contributed by atoms with Crippen LogP contribution >= 0.6 is 11.8 Å². The highest BCUT2D eigenvalue weighted by Gasteiger charge is 2.09. The number of nitrogens with one attached hydrogen (secondary N) is 2. The quantitative estimate of drug-likeness (QED) is 0.627. The highest BCUT2D eigenvalue weighted by atomic mass is 32.2. The van der Waals surface area contributed by atoms with Gasteiger partial charge in [0, 0.05) is 6.54 Å². The van der Waals surface area contributed by atoms with Crippen LogP contribution in [0.25, 0.3) is 11.2 Å². The Morgan fingerprint density at radius 2 is 2.28 bits per heavy atom. The molecule has 0 fully saturated rings. The highest BCUT2D eigenvalue weighted by molar-refractivity contribution is 8.00. The van der Waals surface area contributed by atoms with E-state index < -0.39 is 0 Å². The number of rotatable bonds is 5. The molecule has 2 aromatic heterocycles. The summed E-state index contributed by atoms with van der Waals surface area (Å²) in [6.07, 6.45) is 3.03. The highest BCUT2D eigenvalue weighted by Crippen LogP contribution is 2.21. The van der Waals surface area contributed by atoms with Crippen molar-refractivity contribution in [1.29, 1.82) is 0 Å². The zero-order valence-electron chi connectivity index (χ0n) is 10.3. The number of hydrogen-bond donors (Lipinski definition) is 2. The van der Waals surface area contributed by atoms with Crippen molar-refractivity contribution in [1.82, 2.24) is 25.3 Å².